The number of amides is 2. The van der Waals surface area contributed by atoms with Crippen molar-refractivity contribution >= 4 is 34.8 Å². The molecule has 0 unspecified atom stereocenters. The van der Waals surface area contributed by atoms with Gasteiger partial charge in [-0.2, -0.15) is 0 Å². The van der Waals surface area contributed by atoms with Crippen LogP contribution in [0.25, 0.3) is 0 Å². The van der Waals surface area contributed by atoms with Gasteiger partial charge in [0, 0.05) is 6.07 Å². The van der Waals surface area contributed by atoms with E-state index in [2.05, 4.69) is 0 Å². The Hall–Kier alpha value is -1.95. The van der Waals surface area contributed by atoms with E-state index in [9.17, 15) is 19.7 Å². The van der Waals surface area contributed by atoms with Crippen LogP contribution in [0.5, 0.6) is 0 Å². The zero-order valence-electron chi connectivity index (χ0n) is 12.7. The molecule has 1 saturated heterocycles. The van der Waals surface area contributed by atoms with Crippen LogP contribution in [0.1, 0.15) is 19.3 Å². The summed E-state index contributed by atoms with van der Waals surface area (Å²) < 4.78 is 0. The van der Waals surface area contributed by atoms with Crippen molar-refractivity contribution in [3.8, 4) is 0 Å². The average molecular weight is 347 g/mol. The first-order valence-electron chi connectivity index (χ1n) is 8.31. The van der Waals surface area contributed by atoms with E-state index in [0.29, 0.717) is 29.4 Å². The number of carbonyl (C=O) groups is 2. The van der Waals surface area contributed by atoms with Crippen molar-refractivity contribution < 1.29 is 14.5 Å². The van der Waals surface area contributed by atoms with Crippen molar-refractivity contribution in [1.82, 2.24) is 0 Å². The van der Waals surface area contributed by atoms with Gasteiger partial charge < -0.3 is 0 Å². The van der Waals surface area contributed by atoms with Crippen LogP contribution in [0.4, 0.5) is 11.4 Å². The summed E-state index contributed by atoms with van der Waals surface area (Å²) in [5.74, 6) is 1.23. The maximum atomic E-state index is 13.0. The molecule has 0 aromatic heterocycles. The molecule has 6 nitrogen and oxygen atoms in total. The van der Waals surface area contributed by atoms with Crippen molar-refractivity contribution in [3.05, 3.63) is 33.3 Å². The second-order valence-electron chi connectivity index (χ2n) is 7.42. The number of benzene rings is 1. The smallest absolute Gasteiger partial charge is 0.274 e. The minimum atomic E-state index is -0.576. The molecular formula is C17H15ClN2O4. The molecule has 0 spiro atoms. The molecule has 1 aliphatic heterocycles. The van der Waals surface area contributed by atoms with Crippen molar-refractivity contribution in [1.29, 1.82) is 0 Å². The van der Waals surface area contributed by atoms with Gasteiger partial charge in [-0.3, -0.25) is 19.7 Å². The van der Waals surface area contributed by atoms with Gasteiger partial charge >= 0.3 is 0 Å². The van der Waals surface area contributed by atoms with E-state index in [1.807, 2.05) is 0 Å². The maximum absolute atomic E-state index is 13.0. The molecule has 5 fully saturated rings. The summed E-state index contributed by atoms with van der Waals surface area (Å²) in [6.45, 7) is 0. The number of nitro benzene ring substituents is 1. The Morgan fingerprint density at radius 2 is 1.62 bits per heavy atom. The number of carbonyl (C=O) groups excluding carboxylic acids is 2. The number of rotatable bonds is 2. The fourth-order valence-corrected chi connectivity index (χ4v) is 5.82. The molecule has 1 heterocycles. The number of fused-ring (bicyclic) bond motifs is 1. The van der Waals surface area contributed by atoms with Crippen molar-refractivity contribution in [3.63, 3.8) is 0 Å². The first-order chi connectivity index (χ1) is 11.5. The molecule has 2 bridgehead atoms. The second-order valence-corrected chi connectivity index (χ2v) is 7.83. The highest BCUT2D eigenvalue weighted by atomic mass is 35.5. The lowest BCUT2D eigenvalue weighted by molar-refractivity contribution is -0.384. The van der Waals surface area contributed by atoms with Crippen molar-refractivity contribution in [2.75, 3.05) is 4.90 Å². The third kappa shape index (κ3) is 1.67. The molecule has 6 rings (SSSR count). The molecular weight excluding hydrogens is 332 g/mol. The van der Waals surface area contributed by atoms with Gasteiger partial charge in [0.05, 0.1) is 22.4 Å². The van der Waals surface area contributed by atoms with Crippen molar-refractivity contribution in [2.45, 2.75) is 19.3 Å². The number of hydrogen-bond donors (Lipinski definition) is 0. The summed E-state index contributed by atoms with van der Waals surface area (Å²) in [6, 6.07) is 4.06. The Balaban J connectivity index is 1.54. The minimum Gasteiger partial charge on any atom is -0.274 e. The predicted molar refractivity (Wildman–Crippen MR) is 85.4 cm³/mol. The largest absolute Gasteiger partial charge is 0.288 e. The van der Waals surface area contributed by atoms with E-state index in [-0.39, 0.29) is 34.4 Å². The first-order valence-corrected chi connectivity index (χ1v) is 8.68. The topological polar surface area (TPSA) is 80.5 Å². The Labute approximate surface area is 142 Å². The van der Waals surface area contributed by atoms with Crippen LogP contribution in [-0.4, -0.2) is 16.7 Å². The monoisotopic (exact) mass is 346 g/mol. The van der Waals surface area contributed by atoms with Gasteiger partial charge in [-0.1, -0.05) is 11.6 Å². The predicted octanol–water partition coefficient (Wildman–Crippen LogP) is 3.03. The highest BCUT2D eigenvalue weighted by Gasteiger charge is 2.68. The fraction of sp³-hybridized carbons (Fsp3) is 0.529. The Morgan fingerprint density at radius 1 is 1.04 bits per heavy atom. The zero-order chi connectivity index (χ0) is 16.7. The first kappa shape index (κ1) is 14.4. The lowest BCUT2D eigenvalue weighted by Crippen LogP contribution is -2.43. The van der Waals surface area contributed by atoms with Crippen LogP contribution in [0, 0.1) is 45.6 Å². The summed E-state index contributed by atoms with van der Waals surface area (Å²) in [7, 11) is 0. The number of nitro groups is 1. The fourth-order valence-electron chi connectivity index (χ4n) is 5.58. The van der Waals surface area contributed by atoms with Gasteiger partial charge in [0.1, 0.15) is 5.02 Å². The third-order valence-electron chi connectivity index (χ3n) is 6.53. The molecule has 1 aromatic carbocycles. The number of imide groups is 1. The van der Waals surface area contributed by atoms with E-state index in [4.69, 9.17) is 11.6 Å². The van der Waals surface area contributed by atoms with Gasteiger partial charge in [-0.15, -0.1) is 0 Å². The molecule has 0 radical (unpaired) electrons. The van der Waals surface area contributed by atoms with Crippen LogP contribution < -0.4 is 4.90 Å². The Morgan fingerprint density at radius 3 is 2.12 bits per heavy atom. The SMILES string of the molecule is O=C1[C@@H]2[C@@H]3CC[C@@H]([C@H]4C[C@H]43)[C@@H]2C(=O)N1c1ccc([N+](=O)[O-])c(Cl)c1. The summed E-state index contributed by atoms with van der Waals surface area (Å²) in [4.78, 5) is 37.5. The van der Waals surface area contributed by atoms with Gasteiger partial charge in [0.25, 0.3) is 5.69 Å². The Kier molecular flexibility index (Phi) is 2.74. The van der Waals surface area contributed by atoms with Crippen LogP contribution in [0.15, 0.2) is 18.2 Å². The Bertz CT molecular complexity index is 776. The van der Waals surface area contributed by atoms with E-state index in [1.165, 1.54) is 29.5 Å². The molecule has 0 N–H and O–H groups in total. The summed E-state index contributed by atoms with van der Waals surface area (Å²) in [5, 5.41) is 10.8. The minimum absolute atomic E-state index is 0.0567. The molecule has 124 valence electrons. The van der Waals surface area contributed by atoms with E-state index < -0.39 is 4.92 Å². The number of hydrogen-bond acceptors (Lipinski definition) is 4. The number of halogens is 1. The highest BCUT2D eigenvalue weighted by Crippen LogP contribution is 2.68. The standard InChI is InChI=1S/C17H15ClN2O4/c18-12-5-7(1-4-13(12)20(23)24)19-16(21)14-8-2-3-9(11-6-10(8)11)15(14)17(19)22/h1,4-5,8-11,14-15H,2-3,6H2/t8-,9+,10+,11-,14-,15+. The summed E-state index contributed by atoms with van der Waals surface area (Å²) >= 11 is 5.96. The maximum Gasteiger partial charge on any atom is 0.288 e. The molecule has 4 aliphatic carbocycles. The molecule has 5 aliphatic rings. The van der Waals surface area contributed by atoms with E-state index in [0.717, 1.165) is 12.8 Å². The van der Waals surface area contributed by atoms with E-state index in [1.54, 1.807) is 0 Å². The van der Waals surface area contributed by atoms with Crippen LogP contribution >= 0.6 is 11.6 Å². The van der Waals surface area contributed by atoms with Crippen molar-refractivity contribution in [2.24, 2.45) is 35.5 Å². The van der Waals surface area contributed by atoms with E-state index >= 15 is 0 Å². The number of nitrogens with zero attached hydrogens (tertiary/aromatic N) is 2. The molecule has 7 heteroatoms. The van der Waals surface area contributed by atoms with Gasteiger partial charge in [0.15, 0.2) is 0 Å². The van der Waals surface area contributed by atoms with Gasteiger partial charge in [-0.05, 0) is 55.1 Å². The van der Waals surface area contributed by atoms with Crippen LogP contribution in [-0.2, 0) is 9.59 Å². The average Bonchev–Trinajstić information content (AvgIpc) is 3.31. The molecule has 24 heavy (non-hydrogen) atoms. The molecule has 1 aromatic rings. The highest BCUT2D eigenvalue weighted by molar-refractivity contribution is 6.33. The van der Waals surface area contributed by atoms with Crippen LogP contribution in [0.3, 0.4) is 0 Å². The molecule has 4 saturated carbocycles. The normalized spacial score (nSPS) is 39.0. The lowest BCUT2D eigenvalue weighted by Gasteiger charge is -2.42. The zero-order valence-corrected chi connectivity index (χ0v) is 13.5. The van der Waals surface area contributed by atoms with Crippen LogP contribution in [0.2, 0.25) is 5.02 Å². The van der Waals surface area contributed by atoms with Gasteiger partial charge in [-0.25, -0.2) is 4.90 Å². The number of anilines is 1. The lowest BCUT2D eigenvalue weighted by atomic mass is 9.59. The second kappa shape index (κ2) is 4.57. The quantitative estimate of drug-likeness (QED) is 0.468. The van der Waals surface area contributed by atoms with Gasteiger partial charge in [0.2, 0.25) is 11.8 Å². The summed E-state index contributed by atoms with van der Waals surface area (Å²) in [5.41, 5.74) is 0.126. The molecule has 2 amide bonds. The summed E-state index contributed by atoms with van der Waals surface area (Å²) in [6.07, 6.45) is 3.26. The molecule has 6 atom stereocenters. The third-order valence-corrected chi connectivity index (χ3v) is 6.83.